The largest absolute Gasteiger partial charge is 0.488 e. The number of carbonyl (C=O) groups excluding carboxylic acids is 4. The van der Waals surface area contributed by atoms with Crippen LogP contribution in [-0.4, -0.2) is 40.3 Å². The van der Waals surface area contributed by atoms with Crippen molar-refractivity contribution in [2.45, 2.75) is 117 Å². The van der Waals surface area contributed by atoms with E-state index >= 15 is 9.59 Å². The maximum absolute atomic E-state index is 15.8. The first-order valence-electron chi connectivity index (χ1n) is 18.2. The highest BCUT2D eigenvalue weighted by molar-refractivity contribution is 6.09. The van der Waals surface area contributed by atoms with Crippen molar-refractivity contribution in [1.29, 1.82) is 0 Å². The first-order valence-corrected chi connectivity index (χ1v) is 18.2. The second kappa shape index (κ2) is 10.4. The third kappa shape index (κ3) is 3.93. The molecule has 2 aliphatic carbocycles. The van der Waals surface area contributed by atoms with Gasteiger partial charge in [-0.3, -0.25) is 19.2 Å². The van der Waals surface area contributed by atoms with Crippen LogP contribution in [0.4, 0.5) is 0 Å². The molecule has 2 aromatic carbocycles. The number of hydrogen-bond donors (Lipinski definition) is 0. The zero-order valence-corrected chi connectivity index (χ0v) is 31.3. The molecule has 4 bridgehead atoms. The second-order valence-corrected chi connectivity index (χ2v) is 17.7. The lowest BCUT2D eigenvalue weighted by Crippen LogP contribution is -2.62. The third-order valence-electron chi connectivity index (χ3n) is 14.7. The van der Waals surface area contributed by atoms with Gasteiger partial charge in [-0.2, -0.15) is 0 Å². The summed E-state index contributed by atoms with van der Waals surface area (Å²) >= 11 is 0. The Hall–Kier alpha value is -4.47. The van der Waals surface area contributed by atoms with Crippen LogP contribution in [0.1, 0.15) is 104 Å². The van der Waals surface area contributed by atoms with Gasteiger partial charge in [0.1, 0.15) is 29.3 Å². The number of benzene rings is 2. The van der Waals surface area contributed by atoms with E-state index in [9.17, 15) is 14.4 Å². The fourth-order valence-electron chi connectivity index (χ4n) is 10.5. The number of ether oxygens (including phenoxy) is 4. The summed E-state index contributed by atoms with van der Waals surface area (Å²) in [6.07, 6.45) is 1.42. The summed E-state index contributed by atoms with van der Waals surface area (Å²) in [6, 6.07) is 12.7. The molecule has 6 atom stereocenters. The van der Waals surface area contributed by atoms with Gasteiger partial charge in [-0.05, 0) is 71.4 Å². The van der Waals surface area contributed by atoms with Gasteiger partial charge in [0.05, 0.1) is 28.1 Å². The first kappa shape index (κ1) is 34.6. The maximum atomic E-state index is 15.8. The number of rotatable bonds is 7. The predicted molar refractivity (Wildman–Crippen MR) is 189 cm³/mol. The van der Waals surface area contributed by atoms with Crippen molar-refractivity contribution < 1.29 is 42.5 Å². The molecule has 10 heteroatoms. The van der Waals surface area contributed by atoms with Gasteiger partial charge in [0.2, 0.25) is 0 Å². The molecular formula is C42H46O10. The minimum atomic E-state index is -1.59. The van der Waals surface area contributed by atoms with E-state index in [0.717, 1.165) is 5.56 Å². The van der Waals surface area contributed by atoms with Crippen LogP contribution in [0.25, 0.3) is 11.0 Å². The van der Waals surface area contributed by atoms with Gasteiger partial charge < -0.3 is 23.4 Å². The summed E-state index contributed by atoms with van der Waals surface area (Å²) in [6.45, 7) is 16.6. The predicted octanol–water partition coefficient (Wildman–Crippen LogP) is 6.93. The zero-order chi connectivity index (χ0) is 37.6. The Bertz CT molecular complexity index is 2180. The van der Waals surface area contributed by atoms with Crippen LogP contribution in [0, 0.1) is 34.5 Å². The molecule has 10 nitrogen and oxygen atoms in total. The topological polar surface area (TPSA) is 135 Å². The molecule has 4 fully saturated rings. The van der Waals surface area contributed by atoms with Crippen molar-refractivity contribution in [2.24, 2.45) is 27.6 Å². The van der Waals surface area contributed by atoms with Gasteiger partial charge in [0.15, 0.2) is 22.8 Å². The molecule has 0 spiro atoms. The summed E-state index contributed by atoms with van der Waals surface area (Å²) in [7, 11) is 0. The number of Topliss-reactive ketones (excluding diaryl/α,β-unsaturated/α-hetero) is 2. The maximum Gasteiger partial charge on any atom is 0.336 e. The molecule has 1 aromatic heterocycles. The van der Waals surface area contributed by atoms with E-state index < -0.39 is 79.4 Å². The van der Waals surface area contributed by atoms with Gasteiger partial charge in [0, 0.05) is 28.5 Å². The van der Waals surface area contributed by atoms with E-state index in [2.05, 4.69) is 0 Å². The number of esters is 2. The summed E-state index contributed by atoms with van der Waals surface area (Å²) in [5.74, 6) is -3.77. The number of ketones is 2. The molecule has 3 aromatic rings. The molecule has 4 heterocycles. The fourth-order valence-corrected chi connectivity index (χ4v) is 10.5. The summed E-state index contributed by atoms with van der Waals surface area (Å²) in [5, 5.41) is 0.456. The SMILES string of the molecule is Cc1cc(=O)oc2c3c(cc(OCc4ccccc4)c12)OC(C)(C)[C@H](C(=O)[C@@]12CC[C@@](C)(C(=O)O1)C2(C)C)[C@H]3C(=O)[C@@]12CC[C@@](C)(C(=O)O1)C2(C)C. The molecule has 3 aliphatic heterocycles. The Kier molecular flexibility index (Phi) is 6.89. The standard InChI is InChI=1S/C42H46O10/c1-22-19-26(43)49-31-27(22)24(48-21-23-13-11-10-12-14-23)20-25-28(31)29(32(44)41-17-15-39(8,34(46)51-41)37(41,4)5)30(36(2,3)50-25)33(45)42-18-16-40(9,35(47)52-42)38(42,6)7/h10-14,19-20,29-30H,15-18,21H2,1-9H3/t29-,30-,39-,40-,41+,42+/m0/s1. The van der Waals surface area contributed by atoms with Crippen molar-refractivity contribution >= 4 is 34.5 Å². The molecule has 0 amide bonds. The lowest BCUT2D eigenvalue weighted by molar-refractivity contribution is -0.177. The zero-order valence-electron chi connectivity index (χ0n) is 31.3. The molecule has 2 saturated carbocycles. The molecule has 8 rings (SSSR count). The molecule has 52 heavy (non-hydrogen) atoms. The van der Waals surface area contributed by atoms with Gasteiger partial charge in [0.25, 0.3) is 0 Å². The fraction of sp³-hybridized carbons (Fsp3) is 0.548. The van der Waals surface area contributed by atoms with Crippen LogP contribution >= 0.6 is 0 Å². The number of aryl methyl sites for hydroxylation is 1. The Balaban J connectivity index is 1.39. The molecular weight excluding hydrogens is 664 g/mol. The highest BCUT2D eigenvalue weighted by Crippen LogP contribution is 2.70. The molecule has 0 unspecified atom stereocenters. The van der Waals surface area contributed by atoms with E-state index in [1.165, 1.54) is 6.07 Å². The molecule has 0 radical (unpaired) electrons. The Labute approximate surface area is 302 Å². The van der Waals surface area contributed by atoms with Crippen LogP contribution in [0.2, 0.25) is 0 Å². The smallest absolute Gasteiger partial charge is 0.336 e. The second-order valence-electron chi connectivity index (χ2n) is 17.7. The minimum absolute atomic E-state index is 0.0629. The monoisotopic (exact) mass is 710 g/mol. The minimum Gasteiger partial charge on any atom is -0.488 e. The van der Waals surface area contributed by atoms with Crippen molar-refractivity contribution in [2.75, 3.05) is 0 Å². The number of fused-ring (bicyclic) bond motifs is 7. The summed E-state index contributed by atoms with van der Waals surface area (Å²) in [4.78, 5) is 71.7. The summed E-state index contributed by atoms with van der Waals surface area (Å²) < 4.78 is 31.5. The van der Waals surface area contributed by atoms with Crippen molar-refractivity contribution in [3.05, 3.63) is 69.6 Å². The number of carbonyl (C=O) groups is 4. The van der Waals surface area contributed by atoms with Crippen LogP contribution in [0.5, 0.6) is 11.5 Å². The van der Waals surface area contributed by atoms with Crippen LogP contribution in [0.3, 0.4) is 0 Å². The average Bonchev–Trinajstić information content (AvgIpc) is 3.53. The van der Waals surface area contributed by atoms with E-state index in [1.807, 2.05) is 71.9 Å². The van der Waals surface area contributed by atoms with Crippen molar-refractivity contribution in [3.8, 4) is 11.5 Å². The highest BCUT2D eigenvalue weighted by atomic mass is 16.6. The lowest BCUT2D eigenvalue weighted by Gasteiger charge is -2.49. The first-order chi connectivity index (χ1) is 24.2. The number of hydrogen-bond acceptors (Lipinski definition) is 10. The van der Waals surface area contributed by atoms with E-state index in [1.54, 1.807) is 26.8 Å². The average molecular weight is 711 g/mol. The van der Waals surface area contributed by atoms with Crippen molar-refractivity contribution in [1.82, 2.24) is 0 Å². The van der Waals surface area contributed by atoms with Crippen LogP contribution in [-0.2, 0) is 35.3 Å². The Morgan fingerprint density at radius 2 is 1.31 bits per heavy atom. The highest BCUT2D eigenvalue weighted by Gasteiger charge is 2.80. The van der Waals surface area contributed by atoms with Gasteiger partial charge >= 0.3 is 17.6 Å². The van der Waals surface area contributed by atoms with Crippen molar-refractivity contribution in [3.63, 3.8) is 0 Å². The van der Waals surface area contributed by atoms with Crippen LogP contribution < -0.4 is 15.1 Å². The summed E-state index contributed by atoms with van der Waals surface area (Å²) in [5.41, 5.74) is -7.10. The molecule has 2 saturated heterocycles. The quantitative estimate of drug-likeness (QED) is 0.188. The third-order valence-corrected chi connectivity index (χ3v) is 14.7. The van der Waals surface area contributed by atoms with E-state index in [-0.39, 0.29) is 36.3 Å². The van der Waals surface area contributed by atoms with Gasteiger partial charge in [-0.1, -0.05) is 58.0 Å². The molecule has 5 aliphatic rings. The van der Waals surface area contributed by atoms with Crippen LogP contribution in [0.15, 0.2) is 51.7 Å². The normalized spacial score (nSPS) is 34.4. The molecule has 274 valence electrons. The van der Waals surface area contributed by atoms with Gasteiger partial charge in [-0.15, -0.1) is 0 Å². The Morgan fingerprint density at radius 1 is 0.750 bits per heavy atom. The molecule has 0 N–H and O–H groups in total. The van der Waals surface area contributed by atoms with Gasteiger partial charge in [-0.25, -0.2) is 4.79 Å². The lowest BCUT2D eigenvalue weighted by atomic mass is 9.57. The van der Waals surface area contributed by atoms with E-state index in [4.69, 9.17) is 23.4 Å². The van der Waals surface area contributed by atoms with E-state index in [0.29, 0.717) is 29.5 Å². The Morgan fingerprint density at radius 3 is 1.83 bits per heavy atom.